The SMILES string of the molecule is Nc1nc(C(NS(=O)(=O)c2cccnc2)C(=O)C[C@H]2Cc3cccc(C(=O)O)c3OB2O)cs1. The van der Waals surface area contributed by atoms with Crippen LogP contribution in [0.25, 0.3) is 0 Å². The van der Waals surface area contributed by atoms with Gasteiger partial charge in [-0.1, -0.05) is 12.1 Å². The summed E-state index contributed by atoms with van der Waals surface area (Å²) in [6.07, 6.45) is 2.45. The number of ketones is 1. The zero-order chi connectivity index (χ0) is 24.5. The van der Waals surface area contributed by atoms with E-state index in [-0.39, 0.29) is 39.9 Å². The second-order valence-corrected chi connectivity index (χ2v) is 10.2. The third kappa shape index (κ3) is 4.94. The highest BCUT2D eigenvalue weighted by atomic mass is 32.2. The average molecular weight is 502 g/mol. The zero-order valence-electron chi connectivity index (χ0n) is 17.5. The van der Waals surface area contributed by atoms with Crippen molar-refractivity contribution in [2.24, 2.45) is 0 Å². The Labute approximate surface area is 198 Å². The molecule has 0 amide bonds. The summed E-state index contributed by atoms with van der Waals surface area (Å²) in [6.45, 7) is 0. The van der Waals surface area contributed by atoms with E-state index in [0.717, 1.165) is 17.5 Å². The number of thiazole rings is 1. The number of carboxylic acid groups (broad SMARTS) is 1. The van der Waals surface area contributed by atoms with Crippen molar-refractivity contribution >= 4 is 45.4 Å². The molecule has 0 aliphatic carbocycles. The van der Waals surface area contributed by atoms with Crippen LogP contribution in [0.3, 0.4) is 0 Å². The van der Waals surface area contributed by atoms with Crippen LogP contribution in [0.2, 0.25) is 5.82 Å². The van der Waals surface area contributed by atoms with Crippen molar-refractivity contribution in [2.45, 2.75) is 29.6 Å². The number of nitrogens with two attached hydrogens (primary N) is 1. The number of rotatable bonds is 8. The number of nitrogen functional groups attached to an aromatic ring is 1. The van der Waals surface area contributed by atoms with Crippen molar-refractivity contribution < 1.29 is 32.8 Å². The molecule has 5 N–H and O–H groups in total. The third-order valence-electron chi connectivity index (χ3n) is 5.29. The minimum Gasteiger partial charge on any atom is -0.535 e. The number of pyridine rings is 1. The maximum absolute atomic E-state index is 13.3. The van der Waals surface area contributed by atoms with Gasteiger partial charge in [-0.15, -0.1) is 11.3 Å². The van der Waals surface area contributed by atoms with Gasteiger partial charge < -0.3 is 20.5 Å². The number of nitrogens with one attached hydrogen (secondary N) is 1. The van der Waals surface area contributed by atoms with E-state index in [4.69, 9.17) is 10.4 Å². The third-order valence-corrected chi connectivity index (χ3v) is 7.39. The Morgan fingerprint density at radius 1 is 1.32 bits per heavy atom. The van der Waals surface area contributed by atoms with Gasteiger partial charge in [-0.2, -0.15) is 4.72 Å². The van der Waals surface area contributed by atoms with Crippen LogP contribution in [0.4, 0.5) is 5.13 Å². The minimum absolute atomic E-state index is 0.0484. The van der Waals surface area contributed by atoms with Crippen molar-refractivity contribution in [3.05, 3.63) is 64.9 Å². The van der Waals surface area contributed by atoms with E-state index in [2.05, 4.69) is 14.7 Å². The van der Waals surface area contributed by atoms with Crippen molar-refractivity contribution in [2.75, 3.05) is 5.73 Å². The van der Waals surface area contributed by atoms with Crippen LogP contribution < -0.4 is 15.1 Å². The number of aromatic nitrogens is 2. The van der Waals surface area contributed by atoms with Crippen LogP contribution in [-0.2, 0) is 21.2 Å². The maximum Gasteiger partial charge on any atom is 0.526 e. The molecule has 0 saturated carbocycles. The molecule has 1 aliphatic rings. The predicted octanol–water partition coefficient (Wildman–Crippen LogP) is 1.28. The van der Waals surface area contributed by atoms with E-state index >= 15 is 0 Å². The van der Waals surface area contributed by atoms with Crippen LogP contribution >= 0.6 is 11.3 Å². The highest BCUT2D eigenvalue weighted by Crippen LogP contribution is 2.37. The van der Waals surface area contributed by atoms with Gasteiger partial charge in [0.1, 0.15) is 16.7 Å². The van der Waals surface area contributed by atoms with Crippen molar-refractivity contribution in [3.63, 3.8) is 0 Å². The molecule has 1 unspecified atom stereocenters. The van der Waals surface area contributed by atoms with Crippen molar-refractivity contribution in [1.29, 1.82) is 0 Å². The molecule has 0 radical (unpaired) electrons. The van der Waals surface area contributed by atoms with E-state index in [1.165, 1.54) is 29.8 Å². The van der Waals surface area contributed by atoms with Crippen LogP contribution in [0.5, 0.6) is 5.75 Å². The Bertz CT molecular complexity index is 1330. The molecule has 0 saturated heterocycles. The maximum atomic E-state index is 13.3. The standard InChI is InChI=1S/C20H19BN4O7S2/c22-20-24-15(10-33-20)17(25-34(30,31)13-4-2-6-23-9-13)16(26)8-12-7-11-3-1-5-14(19(27)28)18(11)32-21(12)29/h1-6,9-10,12,17,25,29H,7-8H2,(H2,22,24)(H,27,28)/t12-,17?/m1/s1. The molecule has 2 atom stereocenters. The Balaban J connectivity index is 1.59. The number of sulfonamides is 1. The molecule has 0 fully saturated rings. The first kappa shape index (κ1) is 23.8. The number of anilines is 1. The summed E-state index contributed by atoms with van der Waals surface area (Å²) in [4.78, 5) is 32.4. The number of carboxylic acids is 1. The van der Waals surface area contributed by atoms with Crippen LogP contribution in [0.15, 0.2) is 53.0 Å². The van der Waals surface area contributed by atoms with E-state index in [0.29, 0.717) is 5.56 Å². The van der Waals surface area contributed by atoms with Gasteiger partial charge in [-0.25, -0.2) is 18.2 Å². The summed E-state index contributed by atoms with van der Waals surface area (Å²) in [5, 5.41) is 21.5. The molecule has 3 aromatic rings. The van der Waals surface area contributed by atoms with Crippen molar-refractivity contribution in [1.82, 2.24) is 14.7 Å². The zero-order valence-corrected chi connectivity index (χ0v) is 19.1. The van der Waals surface area contributed by atoms with Gasteiger partial charge in [0, 0.05) is 30.0 Å². The van der Waals surface area contributed by atoms with Crippen LogP contribution in [0, 0.1) is 0 Å². The second-order valence-electron chi connectivity index (χ2n) is 7.60. The van der Waals surface area contributed by atoms with Gasteiger partial charge in [0.2, 0.25) is 10.0 Å². The lowest BCUT2D eigenvalue weighted by Crippen LogP contribution is -2.39. The molecule has 1 aromatic carbocycles. The van der Waals surface area contributed by atoms with E-state index < -0.39 is 40.8 Å². The molecule has 3 heterocycles. The summed E-state index contributed by atoms with van der Waals surface area (Å²) in [5.74, 6) is -2.47. The smallest absolute Gasteiger partial charge is 0.526 e. The Kier molecular flexibility index (Phi) is 6.66. The number of fused-ring (bicyclic) bond motifs is 1. The number of nitrogens with zero attached hydrogens (tertiary/aromatic N) is 2. The van der Waals surface area contributed by atoms with Gasteiger partial charge in [0.05, 0.1) is 11.3 Å². The number of hydrogen-bond donors (Lipinski definition) is 4. The molecule has 2 aromatic heterocycles. The number of aromatic carboxylic acids is 1. The number of Topliss-reactive ketones (excluding diaryl/α,β-unsaturated/α-hetero) is 1. The fourth-order valence-electron chi connectivity index (χ4n) is 3.66. The number of carbonyl (C=O) groups is 2. The van der Waals surface area contributed by atoms with Gasteiger partial charge in [0.25, 0.3) is 0 Å². The predicted molar refractivity (Wildman–Crippen MR) is 123 cm³/mol. The summed E-state index contributed by atoms with van der Waals surface area (Å²) >= 11 is 1.05. The lowest BCUT2D eigenvalue weighted by atomic mass is 9.64. The topological polar surface area (TPSA) is 182 Å². The fraction of sp³-hybridized carbons (Fsp3) is 0.200. The lowest BCUT2D eigenvalue weighted by molar-refractivity contribution is -0.121. The number of para-hydroxylation sites is 1. The van der Waals surface area contributed by atoms with Crippen LogP contribution in [-0.4, -0.2) is 47.4 Å². The molecule has 34 heavy (non-hydrogen) atoms. The quantitative estimate of drug-likeness (QED) is 0.328. The largest absolute Gasteiger partial charge is 0.535 e. The Hall–Kier alpha value is -3.33. The monoisotopic (exact) mass is 502 g/mol. The van der Waals surface area contributed by atoms with Gasteiger partial charge in [0.15, 0.2) is 10.9 Å². The molecule has 1 aliphatic heterocycles. The first-order valence-electron chi connectivity index (χ1n) is 10.0. The second kappa shape index (κ2) is 9.50. The minimum atomic E-state index is -4.13. The van der Waals surface area contributed by atoms with Crippen molar-refractivity contribution in [3.8, 4) is 5.75 Å². The number of hydrogen-bond acceptors (Lipinski definition) is 10. The highest BCUT2D eigenvalue weighted by molar-refractivity contribution is 7.89. The molecular formula is C20H19BN4O7S2. The van der Waals surface area contributed by atoms with Gasteiger partial charge >= 0.3 is 13.1 Å². The van der Waals surface area contributed by atoms with E-state index in [1.807, 2.05) is 0 Å². The lowest BCUT2D eigenvalue weighted by Gasteiger charge is -2.28. The molecule has 14 heteroatoms. The molecule has 0 spiro atoms. The summed E-state index contributed by atoms with van der Waals surface area (Å²) < 4.78 is 33.5. The summed E-state index contributed by atoms with van der Waals surface area (Å²) in [5.41, 5.74) is 6.24. The van der Waals surface area contributed by atoms with Crippen LogP contribution in [0.1, 0.15) is 34.1 Å². The molecule has 0 bridgehead atoms. The highest BCUT2D eigenvalue weighted by Gasteiger charge is 2.40. The normalized spacial score (nSPS) is 16.4. The fourth-order valence-corrected chi connectivity index (χ4v) is 5.40. The first-order chi connectivity index (χ1) is 16.2. The molecular weight excluding hydrogens is 483 g/mol. The summed E-state index contributed by atoms with van der Waals surface area (Å²) in [7, 11) is -5.59. The molecule has 176 valence electrons. The van der Waals surface area contributed by atoms with E-state index in [9.17, 15) is 28.1 Å². The Morgan fingerprint density at radius 3 is 2.76 bits per heavy atom. The average Bonchev–Trinajstić information content (AvgIpc) is 3.24. The van der Waals surface area contributed by atoms with Gasteiger partial charge in [-0.05, 0) is 30.2 Å². The molecule has 11 nitrogen and oxygen atoms in total. The molecule has 4 rings (SSSR count). The van der Waals surface area contributed by atoms with E-state index in [1.54, 1.807) is 12.1 Å². The summed E-state index contributed by atoms with van der Waals surface area (Å²) in [6, 6.07) is 5.97. The first-order valence-corrected chi connectivity index (χ1v) is 12.4. The number of carbonyl (C=O) groups excluding carboxylic acids is 1. The number of benzene rings is 1. The Morgan fingerprint density at radius 2 is 2.12 bits per heavy atom. The van der Waals surface area contributed by atoms with Gasteiger partial charge in [-0.3, -0.25) is 9.78 Å².